The van der Waals surface area contributed by atoms with Crippen LogP contribution in [0.2, 0.25) is 0 Å². The molecule has 7 nitrogen and oxygen atoms in total. The van der Waals surface area contributed by atoms with E-state index in [4.69, 9.17) is 5.11 Å². The van der Waals surface area contributed by atoms with Crippen LogP contribution in [0.15, 0.2) is 0 Å². The number of hydrogen-bond acceptors (Lipinski definition) is 3. The van der Waals surface area contributed by atoms with Gasteiger partial charge in [0.1, 0.15) is 6.54 Å². The van der Waals surface area contributed by atoms with Crippen LogP contribution in [0.5, 0.6) is 0 Å². The van der Waals surface area contributed by atoms with Gasteiger partial charge in [0.05, 0.1) is 6.54 Å². The lowest BCUT2D eigenvalue weighted by Gasteiger charge is -2.34. The Morgan fingerprint density at radius 2 is 1.75 bits per heavy atom. The second kappa shape index (κ2) is 6.58. The zero-order valence-electron chi connectivity index (χ0n) is 12.3. The van der Waals surface area contributed by atoms with E-state index in [1.54, 1.807) is 25.7 Å². The Hall–Kier alpha value is -1.79. The summed E-state index contributed by atoms with van der Waals surface area (Å²) in [6, 6.07) is -0.535. The highest BCUT2D eigenvalue weighted by atomic mass is 16.4. The van der Waals surface area contributed by atoms with Crippen molar-refractivity contribution < 1.29 is 19.5 Å². The number of aliphatic carboxylic acids is 1. The van der Waals surface area contributed by atoms with Crippen molar-refractivity contribution in [3.05, 3.63) is 0 Å². The molecule has 7 heteroatoms. The van der Waals surface area contributed by atoms with Crippen LogP contribution in [0.25, 0.3) is 0 Å². The van der Waals surface area contributed by atoms with Crippen molar-refractivity contribution in [2.75, 3.05) is 26.2 Å². The third-order valence-corrected chi connectivity index (χ3v) is 3.20. The van der Waals surface area contributed by atoms with Crippen LogP contribution in [-0.2, 0) is 9.59 Å². The van der Waals surface area contributed by atoms with E-state index in [0.717, 1.165) is 25.9 Å². The minimum Gasteiger partial charge on any atom is -0.480 e. The summed E-state index contributed by atoms with van der Waals surface area (Å²) in [5, 5.41) is 11.4. The first-order valence-electron chi connectivity index (χ1n) is 6.77. The molecule has 1 rings (SSSR count). The Kier molecular flexibility index (Phi) is 5.35. The first-order valence-corrected chi connectivity index (χ1v) is 6.77. The Balaban J connectivity index is 2.53. The highest BCUT2D eigenvalue weighted by molar-refractivity contribution is 5.86. The molecule has 2 N–H and O–H groups in total. The second-order valence-electron chi connectivity index (χ2n) is 5.90. The van der Waals surface area contributed by atoms with Crippen LogP contribution in [0, 0.1) is 0 Å². The van der Waals surface area contributed by atoms with Crippen molar-refractivity contribution >= 4 is 17.9 Å². The van der Waals surface area contributed by atoms with Crippen LogP contribution in [-0.4, -0.2) is 64.5 Å². The molecule has 1 fully saturated rings. The zero-order chi connectivity index (χ0) is 15.3. The topological polar surface area (TPSA) is 90.0 Å². The number of carboxylic acid groups (broad SMARTS) is 1. The van der Waals surface area contributed by atoms with E-state index >= 15 is 0 Å². The van der Waals surface area contributed by atoms with Gasteiger partial charge in [-0.15, -0.1) is 0 Å². The summed E-state index contributed by atoms with van der Waals surface area (Å²) in [6.45, 7) is 6.21. The Morgan fingerprint density at radius 3 is 2.20 bits per heavy atom. The van der Waals surface area contributed by atoms with Crippen LogP contribution >= 0.6 is 0 Å². The fraction of sp³-hybridized carbons (Fsp3) is 0.769. The Bertz CT molecular complexity index is 384. The molecule has 1 heterocycles. The van der Waals surface area contributed by atoms with Gasteiger partial charge >= 0.3 is 12.0 Å². The number of carbonyl (C=O) groups excluding carboxylic acids is 2. The van der Waals surface area contributed by atoms with E-state index in [9.17, 15) is 14.4 Å². The van der Waals surface area contributed by atoms with Crippen molar-refractivity contribution in [1.82, 2.24) is 15.1 Å². The molecular weight excluding hydrogens is 262 g/mol. The maximum Gasteiger partial charge on any atom is 0.323 e. The van der Waals surface area contributed by atoms with Crippen molar-refractivity contribution in [3.63, 3.8) is 0 Å². The summed E-state index contributed by atoms with van der Waals surface area (Å²) >= 11 is 0. The van der Waals surface area contributed by atoms with E-state index in [2.05, 4.69) is 5.32 Å². The molecule has 1 saturated heterocycles. The van der Waals surface area contributed by atoms with Crippen LogP contribution in [0.3, 0.4) is 0 Å². The monoisotopic (exact) mass is 285 g/mol. The second-order valence-corrected chi connectivity index (χ2v) is 5.90. The number of likely N-dealkylation sites (tertiary alicyclic amines) is 1. The minimum atomic E-state index is -1.08. The van der Waals surface area contributed by atoms with E-state index in [1.807, 2.05) is 0 Å². The molecule has 3 amide bonds. The van der Waals surface area contributed by atoms with E-state index in [-0.39, 0.29) is 12.5 Å². The number of nitrogens with one attached hydrogen (secondary N) is 1. The molecule has 0 aromatic heterocycles. The average molecular weight is 285 g/mol. The van der Waals surface area contributed by atoms with Crippen molar-refractivity contribution in [2.45, 2.75) is 39.2 Å². The van der Waals surface area contributed by atoms with E-state index in [0.29, 0.717) is 0 Å². The first-order chi connectivity index (χ1) is 9.21. The van der Waals surface area contributed by atoms with Crippen LogP contribution in [0.1, 0.15) is 33.6 Å². The summed E-state index contributed by atoms with van der Waals surface area (Å²) in [4.78, 5) is 37.6. The molecule has 0 spiro atoms. The standard InChI is InChI=1S/C13H23N3O4/c1-13(2,3)16(9-11(18)19)12(20)14-8-10(17)15-6-4-5-7-15/h4-9H2,1-3H3,(H,14,20)(H,18,19). The Labute approximate surface area is 118 Å². The van der Waals surface area contributed by atoms with Gasteiger partial charge in [-0.05, 0) is 33.6 Å². The molecule has 0 aliphatic carbocycles. The summed E-state index contributed by atoms with van der Waals surface area (Å²) in [5.74, 6) is -1.21. The molecule has 0 aromatic rings. The molecule has 1 aliphatic heterocycles. The summed E-state index contributed by atoms with van der Waals surface area (Å²) in [7, 11) is 0. The van der Waals surface area contributed by atoms with Gasteiger partial charge in [-0.3, -0.25) is 9.59 Å². The summed E-state index contributed by atoms with van der Waals surface area (Å²) in [5.41, 5.74) is -0.626. The lowest BCUT2D eigenvalue weighted by Crippen LogP contribution is -2.53. The van der Waals surface area contributed by atoms with Crippen molar-refractivity contribution in [1.29, 1.82) is 0 Å². The molecule has 0 unspecified atom stereocenters. The molecule has 0 radical (unpaired) electrons. The van der Waals surface area contributed by atoms with Crippen LogP contribution < -0.4 is 5.32 Å². The number of carboxylic acids is 1. The number of rotatable bonds is 4. The smallest absolute Gasteiger partial charge is 0.323 e. The fourth-order valence-corrected chi connectivity index (χ4v) is 2.07. The molecule has 0 bridgehead atoms. The third-order valence-electron chi connectivity index (χ3n) is 3.20. The maximum atomic E-state index is 12.0. The molecule has 0 atom stereocenters. The van der Waals surface area contributed by atoms with Gasteiger partial charge < -0.3 is 20.2 Å². The number of amides is 3. The first kappa shape index (κ1) is 16.3. The summed E-state index contributed by atoms with van der Waals surface area (Å²) in [6.07, 6.45) is 1.99. The number of urea groups is 1. The highest BCUT2D eigenvalue weighted by Crippen LogP contribution is 2.13. The molecule has 20 heavy (non-hydrogen) atoms. The highest BCUT2D eigenvalue weighted by Gasteiger charge is 2.29. The predicted octanol–water partition coefficient (Wildman–Crippen LogP) is 0.504. The number of nitrogens with zero attached hydrogens (tertiary/aromatic N) is 2. The molecule has 114 valence electrons. The molecule has 0 aromatic carbocycles. The van der Waals surface area contributed by atoms with E-state index in [1.165, 1.54) is 4.90 Å². The van der Waals surface area contributed by atoms with Gasteiger partial charge in [-0.25, -0.2) is 4.79 Å². The maximum absolute atomic E-state index is 12.0. The minimum absolute atomic E-state index is 0.0922. The van der Waals surface area contributed by atoms with Gasteiger partial charge in [0, 0.05) is 18.6 Å². The van der Waals surface area contributed by atoms with Gasteiger partial charge in [0.2, 0.25) is 5.91 Å². The zero-order valence-corrected chi connectivity index (χ0v) is 12.3. The van der Waals surface area contributed by atoms with Crippen LogP contribution in [0.4, 0.5) is 4.79 Å². The van der Waals surface area contributed by atoms with Crippen molar-refractivity contribution in [3.8, 4) is 0 Å². The summed E-state index contributed by atoms with van der Waals surface area (Å²) < 4.78 is 0. The SMILES string of the molecule is CC(C)(C)N(CC(=O)O)C(=O)NCC(=O)N1CCCC1. The van der Waals surface area contributed by atoms with Crippen molar-refractivity contribution in [2.24, 2.45) is 0 Å². The molecule has 1 aliphatic rings. The fourth-order valence-electron chi connectivity index (χ4n) is 2.07. The van der Waals surface area contributed by atoms with Gasteiger partial charge in [-0.2, -0.15) is 0 Å². The van der Waals surface area contributed by atoms with Gasteiger partial charge in [0.15, 0.2) is 0 Å². The number of hydrogen-bond donors (Lipinski definition) is 2. The molecular formula is C13H23N3O4. The van der Waals surface area contributed by atoms with Gasteiger partial charge in [0.25, 0.3) is 0 Å². The number of carbonyl (C=O) groups is 3. The average Bonchev–Trinajstić information content (AvgIpc) is 2.84. The Morgan fingerprint density at radius 1 is 1.20 bits per heavy atom. The predicted molar refractivity (Wildman–Crippen MR) is 73.3 cm³/mol. The largest absolute Gasteiger partial charge is 0.480 e. The van der Waals surface area contributed by atoms with E-state index < -0.39 is 24.1 Å². The van der Waals surface area contributed by atoms with Gasteiger partial charge in [-0.1, -0.05) is 0 Å². The lowest BCUT2D eigenvalue weighted by atomic mass is 10.1. The lowest BCUT2D eigenvalue weighted by molar-refractivity contribution is -0.138. The quantitative estimate of drug-likeness (QED) is 0.787. The normalized spacial score (nSPS) is 15.1. The third kappa shape index (κ3) is 4.71. The molecule has 0 saturated carbocycles.